The average molecular weight is 228 g/mol. The summed E-state index contributed by atoms with van der Waals surface area (Å²) in [7, 11) is 0. The number of nitrogens with two attached hydrogens (primary N) is 1. The lowest BCUT2D eigenvalue weighted by Crippen LogP contribution is -2.31. The van der Waals surface area contributed by atoms with Crippen LogP contribution in [0.2, 0.25) is 0 Å². The van der Waals surface area contributed by atoms with Crippen molar-refractivity contribution in [3.05, 3.63) is 64.6 Å². The van der Waals surface area contributed by atoms with Crippen LogP contribution >= 0.6 is 0 Å². The SMILES string of the molecule is NNC(=Nc1ccccc1)c1cc[nH]c(=O)c1. The second-order valence-corrected chi connectivity index (χ2v) is 3.38. The van der Waals surface area contributed by atoms with Gasteiger partial charge in [0.2, 0.25) is 5.56 Å². The van der Waals surface area contributed by atoms with Crippen molar-refractivity contribution in [1.82, 2.24) is 10.4 Å². The van der Waals surface area contributed by atoms with Gasteiger partial charge in [0.1, 0.15) is 5.84 Å². The lowest BCUT2D eigenvalue weighted by Gasteiger charge is -2.04. The number of para-hydroxylation sites is 1. The molecule has 2 rings (SSSR count). The Balaban J connectivity index is 2.41. The third-order valence-electron chi connectivity index (χ3n) is 2.18. The number of H-pyrrole nitrogens is 1. The first-order valence-corrected chi connectivity index (χ1v) is 5.09. The van der Waals surface area contributed by atoms with Gasteiger partial charge in [-0.2, -0.15) is 0 Å². The number of hydrogen-bond acceptors (Lipinski definition) is 3. The van der Waals surface area contributed by atoms with Crippen LogP contribution in [-0.4, -0.2) is 10.8 Å². The topological polar surface area (TPSA) is 83.3 Å². The van der Waals surface area contributed by atoms with Crippen LogP contribution in [0.1, 0.15) is 5.56 Å². The Labute approximate surface area is 98.0 Å². The van der Waals surface area contributed by atoms with E-state index in [0.29, 0.717) is 11.4 Å². The van der Waals surface area contributed by atoms with E-state index in [4.69, 9.17) is 5.84 Å². The van der Waals surface area contributed by atoms with Crippen LogP contribution in [0.15, 0.2) is 58.4 Å². The number of aromatic amines is 1. The number of amidine groups is 1. The van der Waals surface area contributed by atoms with E-state index in [2.05, 4.69) is 15.4 Å². The third kappa shape index (κ3) is 2.79. The molecule has 0 aliphatic carbocycles. The zero-order valence-electron chi connectivity index (χ0n) is 9.05. The molecule has 1 aromatic carbocycles. The van der Waals surface area contributed by atoms with E-state index >= 15 is 0 Å². The van der Waals surface area contributed by atoms with Crippen molar-refractivity contribution in [2.24, 2.45) is 10.8 Å². The molecule has 0 atom stereocenters. The first kappa shape index (κ1) is 11.1. The molecule has 1 heterocycles. The Bertz CT molecular complexity index is 574. The van der Waals surface area contributed by atoms with Gasteiger partial charge in [-0.05, 0) is 18.2 Å². The van der Waals surface area contributed by atoms with Crippen LogP contribution in [0.3, 0.4) is 0 Å². The van der Waals surface area contributed by atoms with Crippen molar-refractivity contribution in [1.29, 1.82) is 0 Å². The highest BCUT2D eigenvalue weighted by atomic mass is 16.1. The lowest BCUT2D eigenvalue weighted by molar-refractivity contribution is 1.02. The molecule has 0 bridgehead atoms. The summed E-state index contributed by atoms with van der Waals surface area (Å²) in [5, 5.41) is 0. The second-order valence-electron chi connectivity index (χ2n) is 3.38. The van der Waals surface area contributed by atoms with Crippen molar-refractivity contribution < 1.29 is 0 Å². The van der Waals surface area contributed by atoms with Gasteiger partial charge >= 0.3 is 0 Å². The summed E-state index contributed by atoms with van der Waals surface area (Å²) in [6.45, 7) is 0. The largest absolute Gasteiger partial charge is 0.329 e. The highest BCUT2D eigenvalue weighted by Gasteiger charge is 2.02. The number of aromatic nitrogens is 1. The highest BCUT2D eigenvalue weighted by molar-refractivity contribution is 5.99. The minimum Gasteiger partial charge on any atom is -0.329 e. The number of nitrogens with zero attached hydrogens (tertiary/aromatic N) is 1. The molecule has 5 heteroatoms. The summed E-state index contributed by atoms with van der Waals surface area (Å²) in [5.74, 6) is 5.86. The van der Waals surface area contributed by atoms with Crippen molar-refractivity contribution in [2.45, 2.75) is 0 Å². The molecule has 0 spiro atoms. The minimum absolute atomic E-state index is 0.196. The fourth-order valence-electron chi connectivity index (χ4n) is 1.40. The predicted molar refractivity (Wildman–Crippen MR) is 67.0 cm³/mol. The van der Waals surface area contributed by atoms with E-state index in [1.165, 1.54) is 6.07 Å². The fraction of sp³-hybridized carbons (Fsp3) is 0. The molecule has 0 amide bonds. The Morgan fingerprint density at radius 2 is 2.00 bits per heavy atom. The van der Waals surface area contributed by atoms with Gasteiger partial charge in [-0.3, -0.25) is 4.79 Å². The normalized spacial score (nSPS) is 11.2. The zero-order valence-corrected chi connectivity index (χ0v) is 9.05. The van der Waals surface area contributed by atoms with Gasteiger partial charge in [0, 0.05) is 17.8 Å². The summed E-state index contributed by atoms with van der Waals surface area (Å²) in [6, 6.07) is 12.5. The Kier molecular flexibility index (Phi) is 3.32. The smallest absolute Gasteiger partial charge is 0.248 e. The molecule has 0 saturated heterocycles. The maximum atomic E-state index is 11.2. The molecule has 4 N–H and O–H groups in total. The van der Waals surface area contributed by atoms with Crippen LogP contribution in [-0.2, 0) is 0 Å². The minimum atomic E-state index is -0.196. The van der Waals surface area contributed by atoms with Crippen LogP contribution in [0.4, 0.5) is 5.69 Å². The Morgan fingerprint density at radius 1 is 1.24 bits per heavy atom. The molecule has 0 aliphatic heterocycles. The zero-order chi connectivity index (χ0) is 12.1. The van der Waals surface area contributed by atoms with Gasteiger partial charge in [0.25, 0.3) is 0 Å². The van der Waals surface area contributed by atoms with E-state index in [-0.39, 0.29) is 5.56 Å². The number of rotatable bonds is 2. The van der Waals surface area contributed by atoms with Gasteiger partial charge < -0.3 is 10.4 Å². The van der Waals surface area contributed by atoms with Gasteiger partial charge in [-0.15, -0.1) is 0 Å². The monoisotopic (exact) mass is 228 g/mol. The third-order valence-corrected chi connectivity index (χ3v) is 2.18. The molecule has 0 saturated carbocycles. The first-order chi connectivity index (χ1) is 8.29. The first-order valence-electron chi connectivity index (χ1n) is 5.09. The van der Waals surface area contributed by atoms with Crippen molar-refractivity contribution in [3.8, 4) is 0 Å². The van der Waals surface area contributed by atoms with Gasteiger partial charge in [0.15, 0.2) is 0 Å². The summed E-state index contributed by atoms with van der Waals surface area (Å²) in [5.41, 5.74) is 3.70. The second kappa shape index (κ2) is 5.09. The average Bonchev–Trinajstić information content (AvgIpc) is 2.37. The number of pyridine rings is 1. The predicted octanol–water partition coefficient (Wildman–Crippen LogP) is 0.917. The molecule has 0 fully saturated rings. The quantitative estimate of drug-likeness (QED) is 0.309. The number of benzene rings is 1. The van der Waals surface area contributed by atoms with E-state index in [1.54, 1.807) is 12.3 Å². The summed E-state index contributed by atoms with van der Waals surface area (Å²) < 4.78 is 0. The van der Waals surface area contributed by atoms with Crippen LogP contribution in [0.5, 0.6) is 0 Å². The number of aliphatic imine (C=N–C) groups is 1. The van der Waals surface area contributed by atoms with E-state index in [1.807, 2.05) is 30.3 Å². The fourth-order valence-corrected chi connectivity index (χ4v) is 1.40. The van der Waals surface area contributed by atoms with Crippen LogP contribution in [0, 0.1) is 0 Å². The molecule has 86 valence electrons. The summed E-state index contributed by atoms with van der Waals surface area (Å²) in [6.07, 6.45) is 1.55. The van der Waals surface area contributed by atoms with E-state index in [0.717, 1.165) is 5.69 Å². The molecular weight excluding hydrogens is 216 g/mol. The molecule has 1 aromatic heterocycles. The molecule has 17 heavy (non-hydrogen) atoms. The molecular formula is C12H12N4O. The molecule has 0 aliphatic rings. The van der Waals surface area contributed by atoms with Crippen molar-refractivity contribution in [3.63, 3.8) is 0 Å². The number of nitrogens with one attached hydrogen (secondary N) is 2. The summed E-state index contributed by atoms with van der Waals surface area (Å²) in [4.78, 5) is 18.0. The molecule has 0 radical (unpaired) electrons. The van der Waals surface area contributed by atoms with Gasteiger partial charge in [-0.25, -0.2) is 10.8 Å². The molecule has 0 unspecified atom stereocenters. The number of hydrogen-bond donors (Lipinski definition) is 3. The maximum absolute atomic E-state index is 11.2. The molecule has 5 nitrogen and oxygen atoms in total. The van der Waals surface area contributed by atoms with E-state index < -0.39 is 0 Å². The maximum Gasteiger partial charge on any atom is 0.248 e. The van der Waals surface area contributed by atoms with Crippen LogP contribution in [0.25, 0.3) is 0 Å². The van der Waals surface area contributed by atoms with Gasteiger partial charge in [0.05, 0.1) is 5.69 Å². The highest BCUT2D eigenvalue weighted by Crippen LogP contribution is 2.11. The lowest BCUT2D eigenvalue weighted by atomic mass is 10.2. The van der Waals surface area contributed by atoms with Gasteiger partial charge in [-0.1, -0.05) is 18.2 Å². The van der Waals surface area contributed by atoms with E-state index in [9.17, 15) is 4.79 Å². The Morgan fingerprint density at radius 3 is 2.65 bits per heavy atom. The van der Waals surface area contributed by atoms with Crippen LogP contribution < -0.4 is 16.8 Å². The van der Waals surface area contributed by atoms with Crippen molar-refractivity contribution >= 4 is 11.5 Å². The molecule has 2 aromatic rings. The number of hydrazine groups is 1. The van der Waals surface area contributed by atoms with Crippen molar-refractivity contribution in [2.75, 3.05) is 0 Å². The standard InChI is InChI=1S/C12H12N4O/c13-16-12(9-6-7-14-11(17)8-9)15-10-4-2-1-3-5-10/h1-8H,13H2,(H,14,17)(H,15,16). The summed E-state index contributed by atoms with van der Waals surface area (Å²) >= 11 is 0. The Hall–Kier alpha value is -2.40.